The molecule has 0 bridgehead atoms. The quantitative estimate of drug-likeness (QED) is 0.660. The number of likely N-dealkylation sites (tertiary alicyclic amines) is 1. The number of nitrogens with zero attached hydrogens (tertiary/aromatic N) is 1. The number of carbonyl (C=O) groups excluding carboxylic acids is 1. The highest BCUT2D eigenvalue weighted by Gasteiger charge is 2.24. The standard InChI is InChI=1S/C13H25NO/c1-3-5-9-12(8-4-2)13(15)14-10-6-7-11-14/h12H,3-11H2,1-2H3. The van der Waals surface area contributed by atoms with Crippen molar-refractivity contribution in [1.82, 2.24) is 4.90 Å². The highest BCUT2D eigenvalue weighted by molar-refractivity contribution is 5.79. The zero-order valence-electron chi connectivity index (χ0n) is 10.3. The molecule has 1 atom stereocenters. The van der Waals surface area contributed by atoms with E-state index in [0.717, 1.165) is 32.4 Å². The maximum atomic E-state index is 12.2. The number of unbranched alkanes of at least 4 members (excludes halogenated alkanes) is 1. The van der Waals surface area contributed by atoms with Gasteiger partial charge in [0.25, 0.3) is 0 Å². The van der Waals surface area contributed by atoms with Crippen LogP contribution < -0.4 is 0 Å². The van der Waals surface area contributed by atoms with Gasteiger partial charge >= 0.3 is 0 Å². The number of carbonyl (C=O) groups is 1. The highest BCUT2D eigenvalue weighted by Crippen LogP contribution is 2.20. The van der Waals surface area contributed by atoms with Crippen LogP contribution in [0, 0.1) is 5.92 Å². The monoisotopic (exact) mass is 211 g/mol. The summed E-state index contributed by atoms with van der Waals surface area (Å²) in [7, 11) is 0. The molecular formula is C13H25NO. The highest BCUT2D eigenvalue weighted by atomic mass is 16.2. The Balaban J connectivity index is 2.41. The fourth-order valence-electron chi connectivity index (χ4n) is 2.39. The summed E-state index contributed by atoms with van der Waals surface area (Å²) in [5.41, 5.74) is 0. The zero-order valence-corrected chi connectivity index (χ0v) is 10.3. The summed E-state index contributed by atoms with van der Waals surface area (Å²) in [6.07, 6.45) is 8.12. The van der Waals surface area contributed by atoms with Crippen LogP contribution in [-0.2, 0) is 4.79 Å². The molecule has 0 aliphatic carbocycles. The van der Waals surface area contributed by atoms with Gasteiger partial charge in [-0.2, -0.15) is 0 Å². The minimum atomic E-state index is 0.313. The van der Waals surface area contributed by atoms with E-state index < -0.39 is 0 Å². The van der Waals surface area contributed by atoms with Gasteiger partial charge in [0, 0.05) is 19.0 Å². The van der Waals surface area contributed by atoms with Gasteiger partial charge in [-0.25, -0.2) is 0 Å². The van der Waals surface area contributed by atoms with E-state index in [9.17, 15) is 4.79 Å². The molecule has 0 aromatic rings. The third kappa shape index (κ3) is 3.84. The van der Waals surface area contributed by atoms with Crippen molar-refractivity contribution >= 4 is 5.91 Å². The van der Waals surface area contributed by atoms with Crippen molar-refractivity contribution < 1.29 is 4.79 Å². The lowest BCUT2D eigenvalue weighted by Gasteiger charge is -2.22. The minimum Gasteiger partial charge on any atom is -0.342 e. The molecule has 88 valence electrons. The molecule has 1 aliphatic rings. The van der Waals surface area contributed by atoms with Crippen LogP contribution in [-0.4, -0.2) is 23.9 Å². The van der Waals surface area contributed by atoms with Gasteiger partial charge in [-0.1, -0.05) is 33.1 Å². The van der Waals surface area contributed by atoms with Gasteiger partial charge in [-0.15, -0.1) is 0 Å². The van der Waals surface area contributed by atoms with Gasteiger partial charge in [-0.3, -0.25) is 4.79 Å². The lowest BCUT2D eigenvalue weighted by Crippen LogP contribution is -2.33. The fourth-order valence-corrected chi connectivity index (χ4v) is 2.39. The van der Waals surface area contributed by atoms with Crippen molar-refractivity contribution in [3.63, 3.8) is 0 Å². The minimum absolute atomic E-state index is 0.313. The summed E-state index contributed by atoms with van der Waals surface area (Å²) < 4.78 is 0. The van der Waals surface area contributed by atoms with Crippen LogP contribution in [0.1, 0.15) is 58.8 Å². The van der Waals surface area contributed by atoms with E-state index in [1.807, 2.05) is 0 Å². The van der Waals surface area contributed by atoms with Crippen LogP contribution in [0.2, 0.25) is 0 Å². The van der Waals surface area contributed by atoms with Crippen molar-refractivity contribution in [3.8, 4) is 0 Å². The second-order valence-electron chi connectivity index (χ2n) is 4.66. The fraction of sp³-hybridized carbons (Fsp3) is 0.923. The average molecular weight is 211 g/mol. The first-order chi connectivity index (χ1) is 7.29. The summed E-state index contributed by atoms with van der Waals surface area (Å²) in [6, 6.07) is 0. The summed E-state index contributed by atoms with van der Waals surface area (Å²) >= 11 is 0. The molecule has 1 unspecified atom stereocenters. The largest absolute Gasteiger partial charge is 0.342 e. The molecule has 1 aliphatic heterocycles. The first-order valence-electron chi connectivity index (χ1n) is 6.58. The van der Waals surface area contributed by atoms with Crippen molar-refractivity contribution in [2.45, 2.75) is 58.8 Å². The molecule has 0 N–H and O–H groups in total. The maximum absolute atomic E-state index is 12.2. The van der Waals surface area contributed by atoms with Crippen LogP contribution in [0.3, 0.4) is 0 Å². The summed E-state index contributed by atoms with van der Waals surface area (Å²) in [5.74, 6) is 0.746. The Morgan fingerprint density at radius 1 is 1.13 bits per heavy atom. The number of rotatable bonds is 6. The van der Waals surface area contributed by atoms with E-state index in [0.29, 0.717) is 11.8 Å². The van der Waals surface area contributed by atoms with E-state index >= 15 is 0 Å². The molecule has 15 heavy (non-hydrogen) atoms. The average Bonchev–Trinajstić information content (AvgIpc) is 2.76. The Kier molecular flexibility index (Phi) is 5.74. The van der Waals surface area contributed by atoms with Gasteiger partial charge in [0.1, 0.15) is 0 Å². The van der Waals surface area contributed by atoms with Crippen LogP contribution >= 0.6 is 0 Å². The molecule has 2 nitrogen and oxygen atoms in total. The van der Waals surface area contributed by atoms with E-state index in [1.54, 1.807) is 0 Å². The molecule has 0 radical (unpaired) electrons. The summed E-state index contributed by atoms with van der Waals surface area (Å²) in [6.45, 7) is 6.38. The summed E-state index contributed by atoms with van der Waals surface area (Å²) in [5, 5.41) is 0. The van der Waals surface area contributed by atoms with Gasteiger partial charge in [0.05, 0.1) is 0 Å². The Hall–Kier alpha value is -0.530. The molecular weight excluding hydrogens is 186 g/mol. The van der Waals surface area contributed by atoms with E-state index in [4.69, 9.17) is 0 Å². The predicted octanol–water partition coefficient (Wildman–Crippen LogP) is 3.22. The van der Waals surface area contributed by atoms with Crippen molar-refractivity contribution in [1.29, 1.82) is 0 Å². The van der Waals surface area contributed by atoms with Crippen LogP contribution in [0.15, 0.2) is 0 Å². The molecule has 1 rings (SSSR count). The second-order valence-corrected chi connectivity index (χ2v) is 4.66. The third-order valence-corrected chi connectivity index (χ3v) is 3.31. The van der Waals surface area contributed by atoms with Gasteiger partial charge in [-0.05, 0) is 25.7 Å². The van der Waals surface area contributed by atoms with Crippen LogP contribution in [0.25, 0.3) is 0 Å². The number of hydrogen-bond acceptors (Lipinski definition) is 1. The molecule has 1 saturated heterocycles. The first-order valence-corrected chi connectivity index (χ1v) is 6.58. The smallest absolute Gasteiger partial charge is 0.225 e. The lowest BCUT2D eigenvalue weighted by atomic mass is 9.96. The number of amides is 1. The molecule has 1 amide bonds. The van der Waals surface area contributed by atoms with Crippen molar-refractivity contribution in [2.75, 3.05) is 13.1 Å². The molecule has 0 spiro atoms. The second kappa shape index (κ2) is 6.86. The topological polar surface area (TPSA) is 20.3 Å². The Morgan fingerprint density at radius 2 is 1.80 bits per heavy atom. The van der Waals surface area contributed by atoms with E-state index in [-0.39, 0.29) is 0 Å². The predicted molar refractivity (Wildman–Crippen MR) is 63.7 cm³/mol. The lowest BCUT2D eigenvalue weighted by molar-refractivity contribution is -0.134. The van der Waals surface area contributed by atoms with Gasteiger partial charge < -0.3 is 4.90 Å². The molecule has 0 saturated carbocycles. The van der Waals surface area contributed by atoms with Crippen molar-refractivity contribution in [3.05, 3.63) is 0 Å². The van der Waals surface area contributed by atoms with Crippen molar-refractivity contribution in [2.24, 2.45) is 5.92 Å². The van der Waals surface area contributed by atoms with Gasteiger partial charge in [0.15, 0.2) is 0 Å². The molecule has 1 fully saturated rings. The first kappa shape index (κ1) is 12.5. The molecule has 0 aromatic heterocycles. The Bertz CT molecular complexity index is 185. The maximum Gasteiger partial charge on any atom is 0.225 e. The SMILES string of the molecule is CCCCC(CCC)C(=O)N1CCCC1. The Labute approximate surface area is 94.0 Å². The van der Waals surface area contributed by atoms with E-state index in [2.05, 4.69) is 18.7 Å². The number of hydrogen-bond donors (Lipinski definition) is 0. The molecule has 0 aromatic carbocycles. The third-order valence-electron chi connectivity index (χ3n) is 3.31. The summed E-state index contributed by atoms with van der Waals surface area (Å²) in [4.78, 5) is 14.2. The normalized spacial score (nSPS) is 18.1. The zero-order chi connectivity index (χ0) is 11.1. The van der Waals surface area contributed by atoms with Crippen LogP contribution in [0.5, 0.6) is 0 Å². The Morgan fingerprint density at radius 3 is 2.33 bits per heavy atom. The van der Waals surface area contributed by atoms with Gasteiger partial charge in [0.2, 0.25) is 5.91 Å². The van der Waals surface area contributed by atoms with Crippen LogP contribution in [0.4, 0.5) is 0 Å². The van der Waals surface area contributed by atoms with E-state index in [1.165, 1.54) is 25.7 Å². The molecule has 1 heterocycles. The molecule has 2 heteroatoms.